The van der Waals surface area contributed by atoms with Crippen LogP contribution >= 0.6 is 11.6 Å². The van der Waals surface area contributed by atoms with Gasteiger partial charge in [0.15, 0.2) is 0 Å². The molecule has 0 heterocycles. The van der Waals surface area contributed by atoms with Gasteiger partial charge in [0, 0.05) is 22.2 Å². The number of anilines is 1. The molecule has 0 atom stereocenters. The normalized spacial score (nSPS) is 10.5. The maximum absolute atomic E-state index is 5.92. The second-order valence-electron chi connectivity index (χ2n) is 2.70. The van der Waals surface area contributed by atoms with Crippen LogP contribution in [0.2, 0.25) is 5.02 Å². The number of halogens is 1. The van der Waals surface area contributed by atoms with E-state index in [2.05, 4.69) is 0 Å². The Labute approximate surface area is 72.2 Å². The molecule has 59 valence electrons. The summed E-state index contributed by atoms with van der Waals surface area (Å²) in [5.41, 5.74) is 7.43. The van der Waals surface area contributed by atoms with Gasteiger partial charge in [0.25, 0.3) is 0 Å². The van der Waals surface area contributed by atoms with Gasteiger partial charge in [-0.25, -0.2) is 0 Å². The molecule has 0 bridgehead atoms. The Morgan fingerprint density at radius 3 is 2.36 bits per heavy atom. The van der Waals surface area contributed by atoms with E-state index in [1.807, 2.05) is 32.0 Å². The van der Waals surface area contributed by atoms with E-state index in [0.29, 0.717) is 0 Å². The largest absolute Gasteiger partial charge is 0.398 e. The molecule has 1 nitrogen and oxygen atoms in total. The van der Waals surface area contributed by atoms with E-state index >= 15 is 0 Å². The highest BCUT2D eigenvalue weighted by atomic mass is 35.5. The van der Waals surface area contributed by atoms with Gasteiger partial charge in [0.05, 0.1) is 0 Å². The summed E-state index contributed by atoms with van der Waals surface area (Å²) in [6.07, 6.45) is 0. The molecule has 0 aliphatic heterocycles. The molecule has 0 amide bonds. The minimum atomic E-state index is 0.727. The third kappa shape index (κ3) is 1.66. The SMILES string of the molecule is C[C](C)c1c(N)cccc1Cl. The third-order valence-corrected chi connectivity index (χ3v) is 1.86. The molecule has 0 saturated carbocycles. The van der Waals surface area contributed by atoms with Gasteiger partial charge in [-0.1, -0.05) is 31.5 Å². The molecule has 1 radical (unpaired) electrons. The first-order chi connectivity index (χ1) is 5.13. The predicted octanol–water partition coefficient (Wildman–Crippen LogP) is 2.88. The lowest BCUT2D eigenvalue weighted by atomic mass is 10.0. The van der Waals surface area contributed by atoms with Gasteiger partial charge >= 0.3 is 0 Å². The molecule has 0 unspecified atom stereocenters. The summed E-state index contributed by atoms with van der Waals surface area (Å²) < 4.78 is 0. The summed E-state index contributed by atoms with van der Waals surface area (Å²) in [5, 5.41) is 0.727. The topological polar surface area (TPSA) is 26.0 Å². The number of benzene rings is 1. The number of hydrogen-bond acceptors (Lipinski definition) is 1. The average Bonchev–Trinajstić information content (AvgIpc) is 1.85. The van der Waals surface area contributed by atoms with E-state index in [1.54, 1.807) is 0 Å². The minimum Gasteiger partial charge on any atom is -0.398 e. The first-order valence-corrected chi connectivity index (χ1v) is 3.85. The molecule has 0 aliphatic carbocycles. The third-order valence-electron chi connectivity index (χ3n) is 1.55. The van der Waals surface area contributed by atoms with E-state index in [-0.39, 0.29) is 0 Å². The molecule has 0 saturated heterocycles. The highest BCUT2D eigenvalue weighted by Gasteiger charge is 2.07. The Balaban J connectivity index is 3.21. The van der Waals surface area contributed by atoms with Gasteiger partial charge in [0.2, 0.25) is 0 Å². The number of hydrogen-bond donors (Lipinski definition) is 1. The van der Waals surface area contributed by atoms with Gasteiger partial charge < -0.3 is 5.73 Å². The van der Waals surface area contributed by atoms with Crippen LogP contribution in [0.3, 0.4) is 0 Å². The zero-order chi connectivity index (χ0) is 8.43. The van der Waals surface area contributed by atoms with Crippen molar-refractivity contribution in [2.24, 2.45) is 0 Å². The first-order valence-electron chi connectivity index (χ1n) is 3.47. The Kier molecular flexibility index (Phi) is 2.40. The molecule has 1 aromatic carbocycles. The van der Waals surface area contributed by atoms with Crippen molar-refractivity contribution >= 4 is 17.3 Å². The van der Waals surface area contributed by atoms with Crippen LogP contribution in [0.1, 0.15) is 19.4 Å². The second kappa shape index (κ2) is 3.14. The Hall–Kier alpha value is -0.690. The van der Waals surface area contributed by atoms with E-state index in [4.69, 9.17) is 17.3 Å². The van der Waals surface area contributed by atoms with Gasteiger partial charge in [-0.2, -0.15) is 0 Å². The summed E-state index contributed by atoms with van der Waals surface area (Å²) in [5.74, 6) is 1.15. The molecular formula is C9H11ClN. The van der Waals surface area contributed by atoms with Crippen molar-refractivity contribution in [1.29, 1.82) is 0 Å². The van der Waals surface area contributed by atoms with Crippen molar-refractivity contribution in [2.75, 3.05) is 5.73 Å². The van der Waals surface area contributed by atoms with Crippen LogP contribution in [-0.4, -0.2) is 0 Å². The predicted molar refractivity (Wildman–Crippen MR) is 49.6 cm³/mol. The van der Waals surface area contributed by atoms with Crippen molar-refractivity contribution in [2.45, 2.75) is 13.8 Å². The highest BCUT2D eigenvalue weighted by Crippen LogP contribution is 2.28. The van der Waals surface area contributed by atoms with E-state index in [1.165, 1.54) is 0 Å². The molecule has 2 heteroatoms. The fourth-order valence-electron chi connectivity index (χ4n) is 1.07. The van der Waals surface area contributed by atoms with Gasteiger partial charge in [0.1, 0.15) is 0 Å². The molecule has 1 aromatic rings. The molecule has 0 aliphatic rings. The number of nitrogen functional groups attached to an aromatic ring is 1. The summed E-state index contributed by atoms with van der Waals surface area (Å²) in [7, 11) is 0. The highest BCUT2D eigenvalue weighted by molar-refractivity contribution is 6.32. The van der Waals surface area contributed by atoms with Crippen LogP contribution in [0.5, 0.6) is 0 Å². The van der Waals surface area contributed by atoms with Crippen LogP contribution < -0.4 is 5.73 Å². The average molecular weight is 169 g/mol. The molecular weight excluding hydrogens is 158 g/mol. The van der Waals surface area contributed by atoms with Crippen molar-refractivity contribution < 1.29 is 0 Å². The molecule has 11 heavy (non-hydrogen) atoms. The van der Waals surface area contributed by atoms with Gasteiger partial charge in [-0.05, 0) is 12.1 Å². The Bertz CT molecular complexity index is 235. The fraction of sp³-hybridized carbons (Fsp3) is 0.222. The zero-order valence-corrected chi connectivity index (χ0v) is 7.44. The maximum atomic E-state index is 5.92. The van der Waals surface area contributed by atoms with E-state index in [0.717, 1.165) is 22.2 Å². The van der Waals surface area contributed by atoms with Crippen molar-refractivity contribution in [3.8, 4) is 0 Å². The summed E-state index contributed by atoms with van der Waals surface area (Å²) in [6, 6.07) is 5.55. The van der Waals surface area contributed by atoms with Crippen LogP contribution in [-0.2, 0) is 0 Å². The fourth-order valence-corrected chi connectivity index (χ4v) is 1.44. The first kappa shape index (κ1) is 8.41. The molecule has 1 rings (SSSR count). The van der Waals surface area contributed by atoms with Crippen molar-refractivity contribution in [3.63, 3.8) is 0 Å². The zero-order valence-electron chi connectivity index (χ0n) is 6.69. The van der Waals surface area contributed by atoms with Crippen molar-refractivity contribution in [3.05, 3.63) is 34.7 Å². The monoisotopic (exact) mass is 168 g/mol. The van der Waals surface area contributed by atoms with E-state index in [9.17, 15) is 0 Å². The van der Waals surface area contributed by atoms with Crippen LogP contribution in [0.15, 0.2) is 18.2 Å². The van der Waals surface area contributed by atoms with Crippen molar-refractivity contribution in [1.82, 2.24) is 0 Å². The van der Waals surface area contributed by atoms with E-state index < -0.39 is 0 Å². The molecule has 0 spiro atoms. The van der Waals surface area contributed by atoms with Gasteiger partial charge in [-0.15, -0.1) is 0 Å². The maximum Gasteiger partial charge on any atom is 0.0464 e. The smallest absolute Gasteiger partial charge is 0.0464 e. The number of nitrogens with two attached hydrogens (primary N) is 1. The van der Waals surface area contributed by atoms with Gasteiger partial charge in [-0.3, -0.25) is 0 Å². The van der Waals surface area contributed by atoms with Crippen LogP contribution in [0, 0.1) is 5.92 Å². The quantitative estimate of drug-likeness (QED) is 0.642. The lowest BCUT2D eigenvalue weighted by Gasteiger charge is -2.09. The summed E-state index contributed by atoms with van der Waals surface area (Å²) in [6.45, 7) is 4.00. The standard InChI is InChI=1S/C9H11ClN/c1-6(2)9-7(10)4-3-5-8(9)11/h3-5H,11H2,1-2H3. The Morgan fingerprint density at radius 1 is 1.36 bits per heavy atom. The summed E-state index contributed by atoms with van der Waals surface area (Å²) in [4.78, 5) is 0. The summed E-state index contributed by atoms with van der Waals surface area (Å²) >= 11 is 5.92. The molecule has 2 N–H and O–H groups in total. The minimum absolute atomic E-state index is 0.727. The second-order valence-corrected chi connectivity index (χ2v) is 3.11. The number of rotatable bonds is 1. The lowest BCUT2D eigenvalue weighted by Crippen LogP contribution is -1.97. The van der Waals surface area contributed by atoms with Crippen LogP contribution in [0.25, 0.3) is 0 Å². The lowest BCUT2D eigenvalue weighted by molar-refractivity contribution is 1.15. The Morgan fingerprint density at radius 2 is 2.00 bits per heavy atom. The molecule has 0 fully saturated rings. The molecule has 0 aromatic heterocycles. The van der Waals surface area contributed by atoms with Crippen LogP contribution in [0.4, 0.5) is 5.69 Å².